The lowest BCUT2D eigenvalue weighted by molar-refractivity contribution is -0.0108. The number of aliphatic hydroxyl groups is 1. The van der Waals surface area contributed by atoms with Gasteiger partial charge in [0.1, 0.15) is 11.4 Å². The third-order valence-corrected chi connectivity index (χ3v) is 5.96. The van der Waals surface area contributed by atoms with Gasteiger partial charge in [0.15, 0.2) is 0 Å². The fourth-order valence-electron chi connectivity index (χ4n) is 4.72. The Balaban J connectivity index is 1.53. The smallest absolute Gasteiger partial charge is 0.123 e. The van der Waals surface area contributed by atoms with Crippen LogP contribution in [0.2, 0.25) is 0 Å². The molecule has 4 rings (SSSR count). The number of likely N-dealkylation sites (tertiary alicyclic amines) is 1. The average Bonchev–Trinajstić information content (AvgIpc) is 3.17. The van der Waals surface area contributed by atoms with Crippen molar-refractivity contribution in [1.82, 2.24) is 9.88 Å². The molecule has 2 aliphatic rings. The van der Waals surface area contributed by atoms with Crippen LogP contribution < -0.4 is 4.74 Å². The second kappa shape index (κ2) is 6.43. The van der Waals surface area contributed by atoms with Crippen molar-refractivity contribution in [1.29, 1.82) is 0 Å². The molecule has 2 aromatic rings. The summed E-state index contributed by atoms with van der Waals surface area (Å²) in [4.78, 5) is 6.91. The summed E-state index contributed by atoms with van der Waals surface area (Å²) in [6.45, 7) is 4.93. The van der Waals surface area contributed by atoms with E-state index < -0.39 is 5.60 Å². The minimum Gasteiger partial charge on any atom is -0.496 e. The zero-order valence-electron chi connectivity index (χ0n) is 15.0. The molecule has 2 fully saturated rings. The van der Waals surface area contributed by atoms with E-state index in [4.69, 9.17) is 4.74 Å². The normalized spacial score (nSPS) is 28.9. The number of nitrogens with zero attached hydrogens (tertiary/aromatic N) is 2. The highest BCUT2D eigenvalue weighted by molar-refractivity contribution is 5.37. The highest BCUT2D eigenvalue weighted by Gasteiger charge is 2.53. The second-order valence-corrected chi connectivity index (χ2v) is 7.55. The Morgan fingerprint density at radius 1 is 1.28 bits per heavy atom. The van der Waals surface area contributed by atoms with E-state index >= 15 is 0 Å². The topological polar surface area (TPSA) is 45.6 Å². The lowest BCUT2D eigenvalue weighted by atomic mass is 9.85. The van der Waals surface area contributed by atoms with Gasteiger partial charge >= 0.3 is 0 Å². The van der Waals surface area contributed by atoms with Crippen LogP contribution in [0.15, 0.2) is 42.6 Å². The number of hydrogen-bond acceptors (Lipinski definition) is 4. The van der Waals surface area contributed by atoms with Crippen LogP contribution in [0.1, 0.15) is 29.7 Å². The lowest BCUT2D eigenvalue weighted by Crippen LogP contribution is -2.35. The van der Waals surface area contributed by atoms with Gasteiger partial charge in [-0.2, -0.15) is 0 Å². The van der Waals surface area contributed by atoms with E-state index in [1.54, 1.807) is 13.3 Å². The Bertz CT molecular complexity index is 749. The van der Waals surface area contributed by atoms with Crippen molar-refractivity contribution < 1.29 is 9.84 Å². The van der Waals surface area contributed by atoms with E-state index in [1.165, 1.54) is 11.1 Å². The predicted octanol–water partition coefficient (Wildman–Crippen LogP) is 3.13. The molecular formula is C21H26N2O2. The fourth-order valence-corrected chi connectivity index (χ4v) is 4.72. The van der Waals surface area contributed by atoms with E-state index in [-0.39, 0.29) is 5.92 Å². The summed E-state index contributed by atoms with van der Waals surface area (Å²) < 4.78 is 5.53. The van der Waals surface area contributed by atoms with Gasteiger partial charge in [0.05, 0.1) is 12.8 Å². The molecule has 1 N–H and O–H groups in total. The van der Waals surface area contributed by atoms with E-state index in [1.807, 2.05) is 24.3 Å². The van der Waals surface area contributed by atoms with Crippen molar-refractivity contribution in [3.8, 4) is 5.75 Å². The largest absolute Gasteiger partial charge is 0.496 e. The first-order chi connectivity index (χ1) is 12.1. The van der Waals surface area contributed by atoms with Crippen LogP contribution in [0, 0.1) is 18.8 Å². The maximum Gasteiger partial charge on any atom is 0.123 e. The van der Waals surface area contributed by atoms with Crippen molar-refractivity contribution >= 4 is 0 Å². The van der Waals surface area contributed by atoms with Crippen molar-refractivity contribution in [3.05, 3.63) is 59.4 Å². The summed E-state index contributed by atoms with van der Waals surface area (Å²) >= 11 is 0. The number of methoxy groups -OCH3 is 1. The van der Waals surface area contributed by atoms with Gasteiger partial charge in [-0.3, -0.25) is 9.88 Å². The van der Waals surface area contributed by atoms with Crippen molar-refractivity contribution in [2.24, 2.45) is 11.8 Å². The van der Waals surface area contributed by atoms with Gasteiger partial charge in [-0.1, -0.05) is 23.8 Å². The Morgan fingerprint density at radius 2 is 2.16 bits per heavy atom. The number of aromatic nitrogens is 1. The van der Waals surface area contributed by atoms with Gasteiger partial charge in [-0.25, -0.2) is 0 Å². The van der Waals surface area contributed by atoms with Gasteiger partial charge in [0.2, 0.25) is 0 Å². The monoisotopic (exact) mass is 338 g/mol. The molecule has 25 heavy (non-hydrogen) atoms. The zero-order valence-corrected chi connectivity index (χ0v) is 15.0. The molecule has 1 aliphatic carbocycles. The summed E-state index contributed by atoms with van der Waals surface area (Å²) in [7, 11) is 1.73. The molecule has 0 bridgehead atoms. The molecule has 1 saturated carbocycles. The minimum atomic E-state index is -0.780. The van der Waals surface area contributed by atoms with Gasteiger partial charge in [0, 0.05) is 37.3 Å². The molecule has 1 saturated heterocycles. The Hall–Kier alpha value is -1.91. The highest BCUT2D eigenvalue weighted by atomic mass is 16.5. The van der Waals surface area contributed by atoms with E-state index in [2.05, 4.69) is 28.9 Å². The molecule has 0 spiro atoms. The molecule has 1 aromatic heterocycles. The van der Waals surface area contributed by atoms with Crippen LogP contribution in [-0.4, -0.2) is 35.2 Å². The van der Waals surface area contributed by atoms with Crippen molar-refractivity contribution in [2.75, 3.05) is 20.2 Å². The summed E-state index contributed by atoms with van der Waals surface area (Å²) in [6.07, 6.45) is 3.67. The second-order valence-electron chi connectivity index (χ2n) is 7.55. The first-order valence-corrected chi connectivity index (χ1v) is 9.10. The van der Waals surface area contributed by atoms with Gasteiger partial charge < -0.3 is 9.84 Å². The number of benzene rings is 1. The Morgan fingerprint density at radius 3 is 2.92 bits per heavy atom. The molecule has 4 nitrogen and oxygen atoms in total. The molecule has 0 radical (unpaired) electrons. The maximum absolute atomic E-state index is 11.3. The molecule has 0 amide bonds. The molecular weight excluding hydrogens is 312 g/mol. The SMILES string of the molecule is COc1ccc(C)cc1CN1C[C@@H]2CC[C@](O)(c3ccccn3)[C@@H]2C1. The summed E-state index contributed by atoms with van der Waals surface area (Å²) in [5, 5.41) is 11.3. The van der Waals surface area contributed by atoms with Gasteiger partial charge in [-0.05, 0) is 43.9 Å². The molecule has 1 aromatic carbocycles. The number of ether oxygens (including phenoxy) is 1. The Kier molecular flexibility index (Phi) is 4.26. The highest BCUT2D eigenvalue weighted by Crippen LogP contribution is 2.50. The predicted molar refractivity (Wildman–Crippen MR) is 97.4 cm³/mol. The van der Waals surface area contributed by atoms with Crippen LogP contribution in [0.5, 0.6) is 5.75 Å². The molecule has 0 unspecified atom stereocenters. The van der Waals surface area contributed by atoms with Gasteiger partial charge in [-0.15, -0.1) is 0 Å². The number of fused-ring (bicyclic) bond motifs is 1. The standard InChI is InChI=1S/C21H26N2O2/c1-15-6-7-19(25-2)17(11-15)13-23-12-16-8-9-21(24,18(16)14-23)20-5-3-4-10-22-20/h3-7,10-11,16,18,24H,8-9,12-14H2,1-2H3/t16-,18+,21+/m0/s1. The van der Waals surface area contributed by atoms with Crippen LogP contribution in [0.3, 0.4) is 0 Å². The molecule has 1 aliphatic heterocycles. The Labute approximate surface area is 149 Å². The molecule has 3 atom stereocenters. The number of hydrogen-bond donors (Lipinski definition) is 1. The number of rotatable bonds is 4. The van der Waals surface area contributed by atoms with Crippen molar-refractivity contribution in [3.63, 3.8) is 0 Å². The van der Waals surface area contributed by atoms with Crippen molar-refractivity contribution in [2.45, 2.75) is 31.9 Å². The van der Waals surface area contributed by atoms with E-state index in [0.717, 1.165) is 43.9 Å². The number of pyridine rings is 1. The molecule has 2 heterocycles. The first kappa shape index (κ1) is 16.6. The molecule has 132 valence electrons. The summed E-state index contributed by atoms with van der Waals surface area (Å²) in [5.41, 5.74) is 2.53. The first-order valence-electron chi connectivity index (χ1n) is 9.10. The van der Waals surface area contributed by atoms with E-state index in [0.29, 0.717) is 5.92 Å². The number of aryl methyl sites for hydroxylation is 1. The maximum atomic E-state index is 11.3. The minimum absolute atomic E-state index is 0.262. The summed E-state index contributed by atoms with van der Waals surface area (Å²) in [5.74, 6) is 1.75. The zero-order chi connectivity index (χ0) is 17.4. The van der Waals surface area contributed by atoms with E-state index in [9.17, 15) is 5.11 Å². The summed E-state index contributed by atoms with van der Waals surface area (Å²) in [6, 6.07) is 12.2. The fraction of sp³-hybridized carbons (Fsp3) is 0.476. The van der Waals surface area contributed by atoms with Crippen LogP contribution in [0.25, 0.3) is 0 Å². The van der Waals surface area contributed by atoms with Crippen LogP contribution in [0.4, 0.5) is 0 Å². The quantitative estimate of drug-likeness (QED) is 0.930. The third kappa shape index (κ3) is 2.94. The average molecular weight is 338 g/mol. The van der Waals surface area contributed by atoms with Gasteiger partial charge in [0.25, 0.3) is 0 Å². The third-order valence-electron chi connectivity index (χ3n) is 5.96. The molecule has 4 heteroatoms. The van der Waals surface area contributed by atoms with Crippen LogP contribution >= 0.6 is 0 Å². The van der Waals surface area contributed by atoms with Crippen LogP contribution in [-0.2, 0) is 12.1 Å². The lowest BCUT2D eigenvalue weighted by Gasteiger charge is -2.29.